The summed E-state index contributed by atoms with van der Waals surface area (Å²) in [5, 5.41) is 7.11. The number of nitrogens with zero attached hydrogens (tertiary/aromatic N) is 2. The van der Waals surface area contributed by atoms with Gasteiger partial charge in [0.2, 0.25) is 5.13 Å². The summed E-state index contributed by atoms with van der Waals surface area (Å²) in [5.74, 6) is 0.143. The fraction of sp³-hybridized carbons (Fsp3) is 0. The van der Waals surface area contributed by atoms with Gasteiger partial charge < -0.3 is 10.7 Å². The number of H-pyrrole nitrogens is 1. The van der Waals surface area contributed by atoms with E-state index in [2.05, 4.69) is 20.5 Å². The van der Waals surface area contributed by atoms with Crippen LogP contribution in [0.5, 0.6) is 0 Å². The second-order valence-electron chi connectivity index (χ2n) is 3.89. The van der Waals surface area contributed by atoms with Crippen LogP contribution < -0.4 is 11.2 Å². The maximum atomic E-state index is 13.7. The van der Waals surface area contributed by atoms with Gasteiger partial charge in [-0.25, -0.2) is 9.37 Å². The zero-order chi connectivity index (χ0) is 13.2. The number of aromatic nitrogens is 2. The molecule has 7 heteroatoms. The molecule has 3 rings (SSSR count). The number of hydrogen-bond donors (Lipinski definition) is 3. The molecule has 5 nitrogen and oxygen atoms in total. The fourth-order valence-corrected chi connectivity index (χ4v) is 2.27. The van der Waals surface area contributed by atoms with Crippen molar-refractivity contribution >= 4 is 39.4 Å². The number of rotatable bonds is 3. The van der Waals surface area contributed by atoms with Gasteiger partial charge in [0, 0.05) is 17.0 Å². The van der Waals surface area contributed by atoms with Gasteiger partial charge in [-0.1, -0.05) is 0 Å². The molecule has 19 heavy (non-hydrogen) atoms. The van der Waals surface area contributed by atoms with Crippen LogP contribution in [0.2, 0.25) is 0 Å². The highest BCUT2D eigenvalue weighted by Crippen LogP contribution is 2.18. The van der Waals surface area contributed by atoms with Crippen LogP contribution >= 0.6 is 11.3 Å². The molecule has 4 N–H and O–H groups in total. The van der Waals surface area contributed by atoms with Crippen LogP contribution in [0.1, 0.15) is 5.56 Å². The molecule has 0 bridgehead atoms. The fourth-order valence-electron chi connectivity index (χ4n) is 1.72. The molecule has 0 aliphatic heterocycles. The van der Waals surface area contributed by atoms with Gasteiger partial charge in [-0.05, 0) is 23.8 Å². The average Bonchev–Trinajstić information content (AvgIpc) is 2.98. The lowest BCUT2D eigenvalue weighted by Crippen LogP contribution is -1.92. The van der Waals surface area contributed by atoms with Gasteiger partial charge in [-0.3, -0.25) is 5.43 Å². The molecule has 0 aliphatic rings. The molecule has 0 saturated carbocycles. The molecule has 3 aromatic rings. The molecule has 0 atom stereocenters. The lowest BCUT2D eigenvalue weighted by Gasteiger charge is -1.97. The Bertz CT molecular complexity index is 746. The van der Waals surface area contributed by atoms with Crippen molar-refractivity contribution in [2.45, 2.75) is 0 Å². The van der Waals surface area contributed by atoms with Gasteiger partial charge in [-0.15, -0.1) is 11.3 Å². The largest absolute Gasteiger partial charge is 0.383 e. The Hall–Kier alpha value is -2.41. The van der Waals surface area contributed by atoms with Gasteiger partial charge in [-0.2, -0.15) is 5.10 Å². The SMILES string of the molecule is Nc1csc(NN=Cc2cc(F)c3[nH]ccc3c2)n1. The minimum absolute atomic E-state index is 0.303. The molecule has 2 aromatic heterocycles. The summed E-state index contributed by atoms with van der Waals surface area (Å²) in [4.78, 5) is 6.84. The second kappa shape index (κ2) is 4.69. The third kappa shape index (κ3) is 2.41. The summed E-state index contributed by atoms with van der Waals surface area (Å²) in [7, 11) is 0. The molecular weight excluding hydrogens is 265 g/mol. The van der Waals surface area contributed by atoms with E-state index >= 15 is 0 Å². The van der Waals surface area contributed by atoms with Crippen molar-refractivity contribution in [2.24, 2.45) is 5.10 Å². The van der Waals surface area contributed by atoms with Crippen LogP contribution in [-0.4, -0.2) is 16.2 Å². The summed E-state index contributed by atoms with van der Waals surface area (Å²) in [5.41, 5.74) is 9.39. The van der Waals surface area contributed by atoms with Crippen molar-refractivity contribution in [3.8, 4) is 0 Å². The molecule has 0 amide bonds. The standard InChI is InChI=1S/C12H10FN5S/c13-9-4-7(3-8-1-2-15-11(8)9)5-16-18-12-17-10(14)6-19-12/h1-6,15H,14H2,(H,17,18). The summed E-state index contributed by atoms with van der Waals surface area (Å²) >= 11 is 1.35. The van der Waals surface area contributed by atoms with Crippen molar-refractivity contribution in [3.05, 3.63) is 41.2 Å². The second-order valence-corrected chi connectivity index (χ2v) is 4.75. The summed E-state index contributed by atoms with van der Waals surface area (Å²) in [6.45, 7) is 0. The Kier molecular flexibility index (Phi) is 2.88. The summed E-state index contributed by atoms with van der Waals surface area (Å²) in [6.07, 6.45) is 3.23. The third-order valence-electron chi connectivity index (χ3n) is 2.53. The molecule has 96 valence electrons. The number of nitrogen functional groups attached to an aromatic ring is 1. The van der Waals surface area contributed by atoms with E-state index in [-0.39, 0.29) is 5.82 Å². The highest BCUT2D eigenvalue weighted by Gasteiger charge is 2.03. The summed E-state index contributed by atoms with van der Waals surface area (Å²) < 4.78 is 13.7. The minimum atomic E-state index is -0.303. The third-order valence-corrected chi connectivity index (χ3v) is 3.29. The normalized spacial score (nSPS) is 11.4. The zero-order valence-corrected chi connectivity index (χ0v) is 10.5. The van der Waals surface area contributed by atoms with Crippen molar-refractivity contribution in [2.75, 3.05) is 11.2 Å². The Morgan fingerprint density at radius 1 is 1.47 bits per heavy atom. The first kappa shape index (κ1) is 11.7. The van der Waals surface area contributed by atoms with Crippen LogP contribution in [0.4, 0.5) is 15.3 Å². The highest BCUT2D eigenvalue weighted by molar-refractivity contribution is 7.14. The first-order valence-electron chi connectivity index (χ1n) is 5.49. The quantitative estimate of drug-likeness (QED) is 0.508. The number of fused-ring (bicyclic) bond motifs is 1. The van der Waals surface area contributed by atoms with Crippen molar-refractivity contribution in [1.29, 1.82) is 0 Å². The maximum Gasteiger partial charge on any atom is 0.205 e. The minimum Gasteiger partial charge on any atom is -0.383 e. The van der Waals surface area contributed by atoms with E-state index in [1.165, 1.54) is 23.6 Å². The number of aromatic amines is 1. The highest BCUT2D eigenvalue weighted by atomic mass is 32.1. The first-order chi connectivity index (χ1) is 9.22. The predicted molar refractivity (Wildman–Crippen MR) is 76.0 cm³/mol. The molecule has 2 heterocycles. The number of halogens is 1. The smallest absolute Gasteiger partial charge is 0.205 e. The molecule has 1 aromatic carbocycles. The van der Waals surface area contributed by atoms with E-state index in [4.69, 9.17) is 5.73 Å². The molecule has 0 fully saturated rings. The number of benzene rings is 1. The van der Waals surface area contributed by atoms with Crippen LogP contribution in [0.15, 0.2) is 34.9 Å². The average molecular weight is 275 g/mol. The lowest BCUT2D eigenvalue weighted by molar-refractivity contribution is 0.637. The lowest BCUT2D eigenvalue weighted by atomic mass is 10.1. The molecule has 0 spiro atoms. The van der Waals surface area contributed by atoms with Crippen LogP contribution in [-0.2, 0) is 0 Å². The van der Waals surface area contributed by atoms with Crippen LogP contribution in [0, 0.1) is 5.82 Å². The number of nitrogens with two attached hydrogens (primary N) is 1. The summed E-state index contributed by atoms with van der Waals surface area (Å²) in [6, 6.07) is 5.07. The predicted octanol–water partition coefficient (Wildman–Crippen LogP) is 2.79. The van der Waals surface area contributed by atoms with E-state index in [9.17, 15) is 4.39 Å². The molecule has 0 unspecified atom stereocenters. The van der Waals surface area contributed by atoms with Gasteiger partial charge in [0.25, 0.3) is 0 Å². The van der Waals surface area contributed by atoms with Crippen molar-refractivity contribution < 1.29 is 4.39 Å². The zero-order valence-electron chi connectivity index (χ0n) is 9.72. The van der Waals surface area contributed by atoms with Gasteiger partial charge >= 0.3 is 0 Å². The number of thiazole rings is 1. The molecule has 0 saturated heterocycles. The van der Waals surface area contributed by atoms with Gasteiger partial charge in [0.1, 0.15) is 11.6 Å². The van der Waals surface area contributed by atoms with E-state index in [1.54, 1.807) is 11.6 Å². The number of hydrazone groups is 1. The van der Waals surface area contributed by atoms with E-state index in [0.717, 1.165) is 5.39 Å². The van der Waals surface area contributed by atoms with E-state index < -0.39 is 0 Å². The Morgan fingerprint density at radius 3 is 3.16 bits per heavy atom. The number of hydrogen-bond acceptors (Lipinski definition) is 5. The van der Waals surface area contributed by atoms with Gasteiger partial charge in [0.05, 0.1) is 11.7 Å². The Morgan fingerprint density at radius 2 is 2.37 bits per heavy atom. The molecule has 0 aliphatic carbocycles. The number of nitrogens with one attached hydrogen (secondary N) is 2. The van der Waals surface area contributed by atoms with Crippen molar-refractivity contribution in [3.63, 3.8) is 0 Å². The maximum absolute atomic E-state index is 13.7. The van der Waals surface area contributed by atoms with Crippen LogP contribution in [0.25, 0.3) is 10.9 Å². The first-order valence-corrected chi connectivity index (χ1v) is 6.37. The molecule has 0 radical (unpaired) electrons. The molecular formula is C12H10FN5S. The Labute approximate surface area is 112 Å². The Balaban J connectivity index is 1.80. The van der Waals surface area contributed by atoms with Gasteiger partial charge in [0.15, 0.2) is 0 Å². The number of anilines is 2. The van der Waals surface area contributed by atoms with E-state index in [0.29, 0.717) is 22.0 Å². The van der Waals surface area contributed by atoms with Crippen molar-refractivity contribution in [1.82, 2.24) is 9.97 Å². The monoisotopic (exact) mass is 275 g/mol. The van der Waals surface area contributed by atoms with E-state index in [1.807, 2.05) is 12.1 Å². The topological polar surface area (TPSA) is 79.1 Å². The van der Waals surface area contributed by atoms with Crippen LogP contribution in [0.3, 0.4) is 0 Å².